The van der Waals surface area contributed by atoms with Gasteiger partial charge in [-0.15, -0.1) is 0 Å². The molecule has 0 saturated carbocycles. The van der Waals surface area contributed by atoms with E-state index in [-0.39, 0.29) is 24.4 Å². The maximum absolute atomic E-state index is 13.4. The van der Waals surface area contributed by atoms with Gasteiger partial charge in [0.2, 0.25) is 5.91 Å². The molecule has 2 aromatic carbocycles. The fourth-order valence-corrected chi connectivity index (χ4v) is 3.55. The average Bonchev–Trinajstić information content (AvgIpc) is 3.18. The Balaban J connectivity index is 1.82. The first-order valence-electron chi connectivity index (χ1n) is 10.5. The van der Waals surface area contributed by atoms with E-state index in [0.717, 1.165) is 16.5 Å². The third kappa shape index (κ3) is 5.52. The van der Waals surface area contributed by atoms with Gasteiger partial charge < -0.3 is 19.0 Å². The monoisotopic (exact) mass is 422 g/mol. The van der Waals surface area contributed by atoms with Crippen LogP contribution in [0.3, 0.4) is 0 Å². The molecule has 6 nitrogen and oxygen atoms in total. The Bertz CT molecular complexity index is 1040. The number of amides is 2. The number of hydrogen-bond acceptors (Lipinski definition) is 4. The third-order valence-corrected chi connectivity index (χ3v) is 5.27. The topological polar surface area (TPSA) is 63.0 Å². The quantitative estimate of drug-likeness (QED) is 0.517. The minimum absolute atomic E-state index is 0.0108. The van der Waals surface area contributed by atoms with Gasteiger partial charge >= 0.3 is 0 Å². The van der Waals surface area contributed by atoms with Crippen LogP contribution in [0.2, 0.25) is 0 Å². The van der Waals surface area contributed by atoms with Crippen molar-refractivity contribution in [3.63, 3.8) is 0 Å². The molecule has 1 aromatic heterocycles. The summed E-state index contributed by atoms with van der Waals surface area (Å²) < 4.78 is 10.8. The Morgan fingerprint density at radius 2 is 1.77 bits per heavy atom. The van der Waals surface area contributed by atoms with Crippen LogP contribution in [0.15, 0.2) is 59.0 Å². The van der Waals surface area contributed by atoms with Crippen molar-refractivity contribution >= 4 is 22.6 Å². The molecule has 0 unspecified atom stereocenters. The smallest absolute Gasteiger partial charge is 0.255 e. The lowest BCUT2D eigenvalue weighted by atomic mass is 10.0. The lowest BCUT2D eigenvalue weighted by Crippen LogP contribution is -2.46. The molecule has 0 bridgehead atoms. The van der Waals surface area contributed by atoms with Crippen LogP contribution < -0.4 is 0 Å². The largest absolute Gasteiger partial charge is 0.464 e. The molecule has 6 heteroatoms. The third-order valence-electron chi connectivity index (χ3n) is 5.27. The van der Waals surface area contributed by atoms with E-state index in [1.54, 1.807) is 16.9 Å². The summed E-state index contributed by atoms with van der Waals surface area (Å²) in [6, 6.07) is 17.1. The molecule has 0 aliphatic carbocycles. The van der Waals surface area contributed by atoms with Crippen LogP contribution in [-0.2, 0) is 16.1 Å². The van der Waals surface area contributed by atoms with Crippen LogP contribution in [0.4, 0.5) is 0 Å². The molecule has 0 N–H and O–H groups in total. The van der Waals surface area contributed by atoms with E-state index >= 15 is 0 Å². The molecule has 31 heavy (non-hydrogen) atoms. The van der Waals surface area contributed by atoms with Crippen molar-refractivity contribution in [1.82, 2.24) is 9.80 Å². The highest BCUT2D eigenvalue weighted by atomic mass is 16.5. The standard InChI is InChI=1S/C25H30N2O4/c1-18(2)27(25(29)23-11-7-9-20-8-5-6-10-22(20)23)17-24(28)26(14-15-30-4)16-21-13-12-19(3)31-21/h5-13,18H,14-17H2,1-4H3. The molecular formula is C25H30N2O4. The number of aryl methyl sites for hydroxylation is 1. The van der Waals surface area contributed by atoms with Crippen molar-refractivity contribution in [3.05, 3.63) is 71.7 Å². The van der Waals surface area contributed by atoms with Crippen LogP contribution >= 0.6 is 0 Å². The Morgan fingerprint density at radius 3 is 2.45 bits per heavy atom. The SMILES string of the molecule is COCCN(Cc1ccc(C)o1)C(=O)CN(C(=O)c1cccc2ccccc12)C(C)C. The number of methoxy groups -OCH3 is 1. The van der Waals surface area contributed by atoms with Crippen LogP contribution in [0.1, 0.15) is 35.7 Å². The average molecular weight is 423 g/mol. The van der Waals surface area contributed by atoms with Crippen LogP contribution in [-0.4, -0.2) is 54.5 Å². The number of carbonyl (C=O) groups excluding carboxylic acids is 2. The molecule has 0 radical (unpaired) electrons. The Kier molecular flexibility index (Phi) is 7.47. The second kappa shape index (κ2) is 10.3. The van der Waals surface area contributed by atoms with E-state index in [1.165, 1.54) is 0 Å². The molecular weight excluding hydrogens is 392 g/mol. The fraction of sp³-hybridized carbons (Fsp3) is 0.360. The molecule has 0 atom stereocenters. The Morgan fingerprint density at radius 1 is 1.03 bits per heavy atom. The van der Waals surface area contributed by atoms with Crippen LogP contribution in [0.25, 0.3) is 10.8 Å². The minimum atomic E-state index is -0.152. The summed E-state index contributed by atoms with van der Waals surface area (Å²) >= 11 is 0. The van der Waals surface area contributed by atoms with Crippen molar-refractivity contribution in [2.24, 2.45) is 0 Å². The van der Waals surface area contributed by atoms with Crippen molar-refractivity contribution < 1.29 is 18.7 Å². The number of rotatable bonds is 9. The molecule has 1 heterocycles. The zero-order valence-electron chi connectivity index (χ0n) is 18.6. The first kappa shape index (κ1) is 22.6. The minimum Gasteiger partial charge on any atom is -0.464 e. The predicted molar refractivity (Wildman–Crippen MR) is 121 cm³/mol. The van der Waals surface area contributed by atoms with Crippen molar-refractivity contribution in [2.75, 3.05) is 26.8 Å². The summed E-state index contributed by atoms with van der Waals surface area (Å²) in [5, 5.41) is 1.88. The molecule has 0 spiro atoms. The van der Waals surface area contributed by atoms with E-state index in [1.807, 2.05) is 75.4 Å². The van der Waals surface area contributed by atoms with Gasteiger partial charge in [-0.25, -0.2) is 0 Å². The van der Waals surface area contributed by atoms with Gasteiger partial charge in [-0.05, 0) is 49.7 Å². The van der Waals surface area contributed by atoms with Gasteiger partial charge in [0.1, 0.15) is 18.1 Å². The lowest BCUT2D eigenvalue weighted by Gasteiger charge is -2.30. The summed E-state index contributed by atoms with van der Waals surface area (Å²) in [7, 11) is 1.60. The number of nitrogens with zero attached hydrogens (tertiary/aromatic N) is 2. The van der Waals surface area contributed by atoms with E-state index in [2.05, 4.69) is 0 Å². The normalized spacial score (nSPS) is 11.1. The van der Waals surface area contributed by atoms with Gasteiger partial charge in [-0.3, -0.25) is 9.59 Å². The number of benzene rings is 2. The Labute approximate surface area is 183 Å². The number of furan rings is 1. The van der Waals surface area contributed by atoms with Gasteiger partial charge in [0.25, 0.3) is 5.91 Å². The lowest BCUT2D eigenvalue weighted by molar-refractivity contribution is -0.133. The van der Waals surface area contributed by atoms with Gasteiger partial charge in [0.05, 0.1) is 13.2 Å². The zero-order chi connectivity index (χ0) is 22.4. The summed E-state index contributed by atoms with van der Waals surface area (Å²) in [5.74, 6) is 1.21. The van der Waals surface area contributed by atoms with Crippen molar-refractivity contribution in [3.8, 4) is 0 Å². The maximum Gasteiger partial charge on any atom is 0.255 e. The first-order chi connectivity index (χ1) is 14.9. The molecule has 164 valence electrons. The van der Waals surface area contributed by atoms with Crippen molar-refractivity contribution in [2.45, 2.75) is 33.4 Å². The molecule has 0 aliphatic heterocycles. The van der Waals surface area contributed by atoms with E-state index in [9.17, 15) is 9.59 Å². The van der Waals surface area contributed by atoms with Crippen molar-refractivity contribution in [1.29, 1.82) is 0 Å². The first-order valence-corrected chi connectivity index (χ1v) is 10.5. The summed E-state index contributed by atoms with van der Waals surface area (Å²) in [4.78, 5) is 30.0. The van der Waals surface area contributed by atoms with E-state index in [4.69, 9.17) is 9.15 Å². The number of hydrogen-bond donors (Lipinski definition) is 0. The molecule has 0 aliphatic rings. The highest BCUT2D eigenvalue weighted by molar-refractivity contribution is 6.07. The summed E-state index contributed by atoms with van der Waals surface area (Å²) in [6.45, 7) is 6.87. The van der Waals surface area contributed by atoms with Gasteiger partial charge in [-0.1, -0.05) is 36.4 Å². The van der Waals surface area contributed by atoms with Gasteiger partial charge in [-0.2, -0.15) is 0 Å². The number of ether oxygens (including phenoxy) is 1. The number of carbonyl (C=O) groups is 2. The van der Waals surface area contributed by atoms with Gasteiger partial charge in [0.15, 0.2) is 0 Å². The maximum atomic E-state index is 13.4. The highest BCUT2D eigenvalue weighted by Gasteiger charge is 2.26. The summed E-state index contributed by atoms with van der Waals surface area (Å²) in [6.07, 6.45) is 0. The predicted octanol–water partition coefficient (Wildman–Crippen LogP) is 4.27. The molecule has 0 saturated heterocycles. The Hall–Kier alpha value is -3.12. The van der Waals surface area contributed by atoms with Crippen LogP contribution in [0, 0.1) is 6.92 Å². The zero-order valence-corrected chi connectivity index (χ0v) is 18.6. The van der Waals surface area contributed by atoms with E-state index in [0.29, 0.717) is 31.0 Å². The molecule has 3 aromatic rings. The summed E-state index contributed by atoms with van der Waals surface area (Å²) in [5.41, 5.74) is 0.602. The number of fused-ring (bicyclic) bond motifs is 1. The fourth-order valence-electron chi connectivity index (χ4n) is 3.55. The highest BCUT2D eigenvalue weighted by Crippen LogP contribution is 2.21. The second-order valence-corrected chi connectivity index (χ2v) is 7.87. The second-order valence-electron chi connectivity index (χ2n) is 7.87. The molecule has 0 fully saturated rings. The van der Waals surface area contributed by atoms with Crippen LogP contribution in [0.5, 0.6) is 0 Å². The molecule has 2 amide bonds. The molecule has 3 rings (SSSR count). The van der Waals surface area contributed by atoms with E-state index < -0.39 is 0 Å². The van der Waals surface area contributed by atoms with Gasteiger partial charge in [0, 0.05) is 25.3 Å².